The third-order valence-corrected chi connectivity index (χ3v) is 7.11. The van der Waals surface area contributed by atoms with Crippen molar-refractivity contribution in [1.29, 1.82) is 0 Å². The zero-order valence-electron chi connectivity index (χ0n) is 22.2. The maximum absolute atomic E-state index is 13.5. The lowest BCUT2D eigenvalue weighted by Crippen LogP contribution is -2.56. The van der Waals surface area contributed by atoms with Crippen LogP contribution in [0.3, 0.4) is 0 Å². The van der Waals surface area contributed by atoms with Crippen LogP contribution in [0.15, 0.2) is 97.1 Å². The predicted molar refractivity (Wildman–Crippen MR) is 146 cm³/mol. The third kappa shape index (κ3) is 5.24. The third-order valence-electron chi connectivity index (χ3n) is 7.11. The average molecular weight is 554 g/mol. The number of hydroxylamine groups is 2. The zero-order valence-corrected chi connectivity index (χ0v) is 22.2. The average Bonchev–Trinajstić information content (AvgIpc) is 3.51. The van der Waals surface area contributed by atoms with E-state index in [0.717, 1.165) is 33.7 Å². The number of carbonyl (C=O) groups is 5. The second kappa shape index (κ2) is 11.6. The number of benzene rings is 3. The van der Waals surface area contributed by atoms with E-state index in [4.69, 9.17) is 9.57 Å². The summed E-state index contributed by atoms with van der Waals surface area (Å²) in [6.07, 6.45) is 1.92. The molecule has 1 atom stereocenters. The van der Waals surface area contributed by atoms with Crippen LogP contribution in [0.2, 0.25) is 0 Å². The van der Waals surface area contributed by atoms with E-state index in [9.17, 15) is 24.0 Å². The van der Waals surface area contributed by atoms with Crippen LogP contribution in [-0.4, -0.2) is 59.3 Å². The van der Waals surface area contributed by atoms with Crippen molar-refractivity contribution in [2.45, 2.75) is 24.4 Å². The van der Waals surface area contributed by atoms with Crippen LogP contribution < -0.4 is 10.1 Å². The Morgan fingerprint density at radius 1 is 0.780 bits per heavy atom. The van der Waals surface area contributed by atoms with Gasteiger partial charge in [0.1, 0.15) is 5.75 Å². The Morgan fingerprint density at radius 2 is 1.27 bits per heavy atom. The Hall–Kier alpha value is -5.09. The van der Waals surface area contributed by atoms with E-state index in [-0.39, 0.29) is 19.4 Å². The lowest BCUT2D eigenvalue weighted by Gasteiger charge is -2.39. The molecule has 0 spiro atoms. The van der Waals surface area contributed by atoms with Gasteiger partial charge < -0.3 is 9.57 Å². The summed E-state index contributed by atoms with van der Waals surface area (Å²) in [6.45, 7) is -0.274. The first-order valence-electron chi connectivity index (χ1n) is 13.0. The van der Waals surface area contributed by atoms with Crippen molar-refractivity contribution in [3.05, 3.63) is 114 Å². The normalized spacial score (nSPS) is 15.9. The molecule has 0 aliphatic carbocycles. The van der Waals surface area contributed by atoms with Crippen molar-refractivity contribution >= 4 is 29.6 Å². The number of amides is 4. The molecule has 1 saturated heterocycles. The van der Waals surface area contributed by atoms with Gasteiger partial charge in [0, 0.05) is 31.5 Å². The summed E-state index contributed by atoms with van der Waals surface area (Å²) in [5.41, 5.74) is 1.33. The Bertz CT molecular complexity index is 1430. The van der Waals surface area contributed by atoms with Crippen LogP contribution in [0.1, 0.15) is 29.5 Å². The SMILES string of the molecule is COc1ccc(C(NC[C@H](C(=O)ON2C(=O)CCC2=O)N2C(=O)C=CC2=O)(c2ccccc2)c2ccccc2)cc1. The molecule has 0 radical (unpaired) electrons. The summed E-state index contributed by atoms with van der Waals surface area (Å²) >= 11 is 0. The Labute approximate surface area is 236 Å². The second-order valence-corrected chi connectivity index (χ2v) is 9.48. The highest BCUT2D eigenvalue weighted by Crippen LogP contribution is 2.37. The van der Waals surface area contributed by atoms with Gasteiger partial charge in [-0.3, -0.25) is 29.4 Å². The van der Waals surface area contributed by atoms with E-state index in [0.29, 0.717) is 10.8 Å². The molecule has 0 unspecified atom stereocenters. The van der Waals surface area contributed by atoms with Crippen LogP contribution in [0.25, 0.3) is 0 Å². The number of imide groups is 2. The van der Waals surface area contributed by atoms with E-state index < -0.39 is 41.2 Å². The molecule has 2 heterocycles. The van der Waals surface area contributed by atoms with Crippen LogP contribution >= 0.6 is 0 Å². The second-order valence-electron chi connectivity index (χ2n) is 9.48. The highest BCUT2D eigenvalue weighted by Gasteiger charge is 2.44. The topological polar surface area (TPSA) is 122 Å². The first kappa shape index (κ1) is 27.5. The van der Waals surface area contributed by atoms with Gasteiger partial charge in [-0.05, 0) is 28.8 Å². The molecule has 0 bridgehead atoms. The molecule has 3 aromatic carbocycles. The number of nitrogens with zero attached hydrogens (tertiary/aromatic N) is 2. The summed E-state index contributed by atoms with van der Waals surface area (Å²) in [5, 5.41) is 3.86. The van der Waals surface area contributed by atoms with Gasteiger partial charge in [0.25, 0.3) is 23.6 Å². The molecule has 10 nitrogen and oxygen atoms in total. The van der Waals surface area contributed by atoms with E-state index in [1.807, 2.05) is 84.9 Å². The lowest BCUT2D eigenvalue weighted by molar-refractivity contribution is -0.201. The summed E-state index contributed by atoms with van der Waals surface area (Å²) in [5.74, 6) is -3.23. The summed E-state index contributed by atoms with van der Waals surface area (Å²) in [4.78, 5) is 69.2. The molecule has 1 N–H and O–H groups in total. The molecular weight excluding hydrogens is 526 g/mol. The number of ether oxygens (including phenoxy) is 1. The fraction of sp³-hybridized carbons (Fsp3) is 0.194. The number of methoxy groups -OCH3 is 1. The lowest BCUT2D eigenvalue weighted by atomic mass is 9.76. The molecule has 0 saturated carbocycles. The largest absolute Gasteiger partial charge is 0.497 e. The first-order chi connectivity index (χ1) is 19.8. The van der Waals surface area contributed by atoms with Crippen LogP contribution in [0.4, 0.5) is 0 Å². The molecule has 1 fully saturated rings. The van der Waals surface area contributed by atoms with Crippen LogP contribution in [0.5, 0.6) is 5.75 Å². The minimum atomic E-state index is -1.50. The van der Waals surface area contributed by atoms with E-state index >= 15 is 0 Å². The summed E-state index contributed by atoms with van der Waals surface area (Å²) < 4.78 is 5.36. The molecule has 3 aromatic rings. The van der Waals surface area contributed by atoms with Crippen molar-refractivity contribution in [2.75, 3.05) is 13.7 Å². The Morgan fingerprint density at radius 3 is 1.76 bits per heavy atom. The van der Waals surface area contributed by atoms with Gasteiger partial charge >= 0.3 is 5.97 Å². The first-order valence-corrected chi connectivity index (χ1v) is 13.0. The van der Waals surface area contributed by atoms with Crippen molar-refractivity contribution in [1.82, 2.24) is 15.3 Å². The predicted octanol–water partition coefficient (Wildman–Crippen LogP) is 2.48. The van der Waals surface area contributed by atoms with E-state index in [1.54, 1.807) is 7.11 Å². The van der Waals surface area contributed by atoms with Gasteiger partial charge in [-0.1, -0.05) is 72.8 Å². The highest BCUT2D eigenvalue weighted by molar-refractivity contribution is 6.15. The van der Waals surface area contributed by atoms with Gasteiger partial charge in [0.2, 0.25) is 0 Å². The molecular formula is C31H27N3O7. The molecule has 2 aliphatic heterocycles. The number of hydrogen-bond acceptors (Lipinski definition) is 8. The Balaban J connectivity index is 1.59. The fourth-order valence-electron chi connectivity index (χ4n) is 5.08. The fourth-order valence-corrected chi connectivity index (χ4v) is 5.08. The van der Waals surface area contributed by atoms with Crippen LogP contribution in [-0.2, 0) is 34.3 Å². The van der Waals surface area contributed by atoms with Gasteiger partial charge in [-0.2, -0.15) is 0 Å². The number of nitrogens with one attached hydrogen (secondary N) is 1. The maximum atomic E-state index is 13.5. The van der Waals surface area contributed by atoms with Gasteiger partial charge in [0.05, 0.1) is 12.6 Å². The van der Waals surface area contributed by atoms with E-state index in [2.05, 4.69) is 5.32 Å². The maximum Gasteiger partial charge on any atom is 0.357 e. The van der Waals surface area contributed by atoms with Gasteiger partial charge in [-0.25, -0.2) is 4.79 Å². The molecule has 41 heavy (non-hydrogen) atoms. The molecule has 0 aromatic heterocycles. The van der Waals surface area contributed by atoms with E-state index in [1.165, 1.54) is 0 Å². The summed E-state index contributed by atoms with van der Waals surface area (Å²) in [7, 11) is 1.57. The van der Waals surface area contributed by atoms with Crippen molar-refractivity contribution < 1.29 is 33.5 Å². The molecule has 2 aliphatic rings. The monoisotopic (exact) mass is 553 g/mol. The number of hydrogen-bond donors (Lipinski definition) is 1. The molecule has 5 rings (SSSR count). The van der Waals surface area contributed by atoms with Crippen molar-refractivity contribution in [2.24, 2.45) is 0 Å². The quantitative estimate of drug-likeness (QED) is 0.300. The molecule has 4 amide bonds. The van der Waals surface area contributed by atoms with Gasteiger partial charge in [-0.15, -0.1) is 5.06 Å². The minimum absolute atomic E-state index is 0.0965. The highest BCUT2D eigenvalue weighted by atomic mass is 16.7. The minimum Gasteiger partial charge on any atom is -0.497 e. The Kier molecular flexibility index (Phi) is 7.75. The standard InChI is InChI=1S/C31H27N3O7/c1-40-24-14-12-23(13-15-24)31(21-8-4-2-5-9-21,22-10-6-3-7-11-22)32-20-25(33-26(35)16-17-27(33)36)30(39)41-34-28(37)18-19-29(34)38/h2-17,25,32H,18-20H2,1H3/t25-/m1/s1. The molecule has 10 heteroatoms. The van der Waals surface area contributed by atoms with Crippen molar-refractivity contribution in [3.63, 3.8) is 0 Å². The number of carbonyl (C=O) groups excluding carboxylic acids is 5. The smallest absolute Gasteiger partial charge is 0.357 e. The van der Waals surface area contributed by atoms with Crippen LogP contribution in [0, 0.1) is 0 Å². The zero-order chi connectivity index (χ0) is 29.0. The van der Waals surface area contributed by atoms with Crippen molar-refractivity contribution in [3.8, 4) is 5.75 Å². The van der Waals surface area contributed by atoms with Gasteiger partial charge in [0.15, 0.2) is 6.04 Å². The molecule has 208 valence electrons. The summed E-state index contributed by atoms with van der Waals surface area (Å²) in [6, 6.07) is 24.9. The number of rotatable bonds is 10.